The van der Waals surface area contributed by atoms with Gasteiger partial charge >= 0.3 is 0 Å². The van der Waals surface area contributed by atoms with Gasteiger partial charge in [-0.1, -0.05) is 0 Å². The quantitative estimate of drug-likeness (QED) is 0.711. The second-order valence-electron chi connectivity index (χ2n) is 6.30. The molecule has 1 aliphatic rings. The molecule has 1 atom stereocenters. The Morgan fingerprint density at radius 2 is 2.28 bits per heavy atom. The highest BCUT2D eigenvalue weighted by Gasteiger charge is 2.20. The van der Waals surface area contributed by atoms with Crippen LogP contribution in [0.2, 0.25) is 0 Å². The third-order valence-electron chi connectivity index (χ3n) is 4.60. The fraction of sp³-hybridized carbons (Fsp3) is 0.438. The number of nitrogens with one attached hydrogen (secondary N) is 1. The maximum absolute atomic E-state index is 12.4. The topological polar surface area (TPSA) is 99.6 Å². The molecule has 0 bridgehead atoms. The van der Waals surface area contributed by atoms with Crippen molar-refractivity contribution in [3.63, 3.8) is 0 Å². The van der Waals surface area contributed by atoms with Crippen LogP contribution in [0.25, 0.3) is 11.0 Å². The Morgan fingerprint density at radius 1 is 1.40 bits per heavy atom. The lowest BCUT2D eigenvalue weighted by Crippen LogP contribution is -2.41. The van der Waals surface area contributed by atoms with Crippen LogP contribution >= 0.6 is 0 Å². The van der Waals surface area contributed by atoms with Crippen LogP contribution in [0.15, 0.2) is 29.7 Å². The van der Waals surface area contributed by atoms with Crippen molar-refractivity contribution >= 4 is 16.9 Å². The molecule has 0 saturated heterocycles. The number of hydrogen-bond donors (Lipinski definition) is 1. The predicted octanol–water partition coefficient (Wildman–Crippen LogP) is -0.152. The number of rotatable bonds is 4. The summed E-state index contributed by atoms with van der Waals surface area (Å²) < 4.78 is 5.08. The third-order valence-corrected chi connectivity index (χ3v) is 4.60. The smallest absolute Gasteiger partial charge is 0.264 e. The number of carbonyl (C=O) groups excluding carboxylic acids is 1. The minimum absolute atomic E-state index is 0.0632. The first-order valence-corrected chi connectivity index (χ1v) is 8.28. The van der Waals surface area contributed by atoms with Crippen LogP contribution in [0.1, 0.15) is 18.7 Å². The van der Waals surface area contributed by atoms with E-state index in [-0.39, 0.29) is 23.9 Å². The Kier molecular flexibility index (Phi) is 3.83. The molecule has 0 radical (unpaired) electrons. The molecular formula is C16H19N7O2. The molecule has 3 aromatic rings. The van der Waals surface area contributed by atoms with Crippen molar-refractivity contribution in [3.8, 4) is 0 Å². The number of nitrogens with zero attached hydrogens (tertiary/aromatic N) is 6. The van der Waals surface area contributed by atoms with E-state index < -0.39 is 0 Å². The summed E-state index contributed by atoms with van der Waals surface area (Å²) in [6.45, 7) is 1.04. The monoisotopic (exact) mass is 341 g/mol. The first kappa shape index (κ1) is 15.6. The van der Waals surface area contributed by atoms with Crippen molar-refractivity contribution in [2.75, 3.05) is 0 Å². The van der Waals surface area contributed by atoms with Crippen molar-refractivity contribution in [1.29, 1.82) is 0 Å². The fourth-order valence-electron chi connectivity index (χ4n) is 3.23. The molecule has 1 N–H and O–H groups in total. The van der Waals surface area contributed by atoms with Crippen LogP contribution in [-0.2, 0) is 31.4 Å². The molecule has 1 aliphatic heterocycles. The standard InChI is InChI=1S/C16H19N7O2/c1-21-15-12(8-19-21)16(25)23(10-18-15)6-4-14(24)20-11-2-3-13-17-5-7-22(13)9-11/h5,7-8,10-11H,2-4,6,9H2,1H3,(H,20,24). The number of carbonyl (C=O) groups is 1. The van der Waals surface area contributed by atoms with E-state index in [0.29, 0.717) is 17.6 Å². The average Bonchev–Trinajstić information content (AvgIpc) is 3.21. The first-order valence-electron chi connectivity index (χ1n) is 8.28. The SMILES string of the molecule is Cn1ncc2c(=O)n(CCC(=O)NC3CCc4nccn4C3)cnc21. The molecule has 3 aromatic heterocycles. The van der Waals surface area contributed by atoms with E-state index in [0.717, 1.165) is 25.2 Å². The van der Waals surface area contributed by atoms with Gasteiger partial charge < -0.3 is 9.88 Å². The van der Waals surface area contributed by atoms with Crippen LogP contribution in [0, 0.1) is 0 Å². The van der Waals surface area contributed by atoms with Gasteiger partial charge in [0.15, 0.2) is 5.65 Å². The van der Waals surface area contributed by atoms with E-state index in [4.69, 9.17) is 0 Å². The minimum Gasteiger partial charge on any atom is -0.352 e. The van der Waals surface area contributed by atoms with Crippen LogP contribution in [0.3, 0.4) is 0 Å². The maximum atomic E-state index is 12.4. The molecule has 1 amide bonds. The first-order chi connectivity index (χ1) is 12.1. The zero-order chi connectivity index (χ0) is 17.4. The molecule has 0 saturated carbocycles. The maximum Gasteiger partial charge on any atom is 0.264 e. The highest BCUT2D eigenvalue weighted by atomic mass is 16.2. The zero-order valence-electron chi connectivity index (χ0n) is 13.9. The molecule has 0 aliphatic carbocycles. The predicted molar refractivity (Wildman–Crippen MR) is 89.9 cm³/mol. The number of aromatic nitrogens is 6. The van der Waals surface area contributed by atoms with Gasteiger partial charge in [0.1, 0.15) is 11.2 Å². The van der Waals surface area contributed by atoms with E-state index in [1.807, 2.05) is 6.20 Å². The Balaban J connectivity index is 1.38. The van der Waals surface area contributed by atoms with E-state index in [1.165, 1.54) is 17.1 Å². The van der Waals surface area contributed by atoms with Gasteiger partial charge in [0.2, 0.25) is 5.91 Å². The lowest BCUT2D eigenvalue weighted by Gasteiger charge is -2.24. The summed E-state index contributed by atoms with van der Waals surface area (Å²) in [5.41, 5.74) is 0.371. The normalized spacial score (nSPS) is 16.8. The van der Waals surface area contributed by atoms with Gasteiger partial charge in [-0.05, 0) is 6.42 Å². The number of imidazole rings is 1. The molecule has 4 heterocycles. The molecule has 130 valence electrons. The summed E-state index contributed by atoms with van der Waals surface area (Å²) in [5, 5.41) is 7.54. The number of aryl methyl sites for hydroxylation is 3. The summed E-state index contributed by atoms with van der Waals surface area (Å²) >= 11 is 0. The average molecular weight is 341 g/mol. The van der Waals surface area contributed by atoms with Gasteiger partial charge in [-0.3, -0.25) is 18.8 Å². The molecule has 25 heavy (non-hydrogen) atoms. The second kappa shape index (κ2) is 6.15. The fourth-order valence-corrected chi connectivity index (χ4v) is 3.23. The molecule has 0 spiro atoms. The van der Waals surface area contributed by atoms with Gasteiger partial charge in [-0.25, -0.2) is 9.97 Å². The Bertz CT molecular complexity index is 984. The van der Waals surface area contributed by atoms with Crippen molar-refractivity contribution < 1.29 is 4.79 Å². The summed E-state index contributed by atoms with van der Waals surface area (Å²) in [4.78, 5) is 33.1. The summed E-state index contributed by atoms with van der Waals surface area (Å²) in [5.74, 6) is 1.000. The Hall–Kier alpha value is -2.97. The molecule has 1 unspecified atom stereocenters. The molecular weight excluding hydrogens is 322 g/mol. The lowest BCUT2D eigenvalue weighted by atomic mass is 10.1. The number of fused-ring (bicyclic) bond motifs is 2. The molecule has 9 nitrogen and oxygen atoms in total. The molecule has 4 rings (SSSR count). The van der Waals surface area contributed by atoms with Gasteiger partial charge in [-0.2, -0.15) is 5.10 Å². The van der Waals surface area contributed by atoms with Crippen molar-refractivity contribution in [2.45, 2.75) is 38.4 Å². The number of hydrogen-bond acceptors (Lipinski definition) is 5. The van der Waals surface area contributed by atoms with Crippen LogP contribution < -0.4 is 10.9 Å². The molecule has 0 aromatic carbocycles. The summed E-state index contributed by atoms with van der Waals surface area (Å²) in [6, 6.07) is 0.102. The van der Waals surface area contributed by atoms with Crippen molar-refractivity contribution in [1.82, 2.24) is 34.2 Å². The largest absolute Gasteiger partial charge is 0.352 e. The zero-order valence-corrected chi connectivity index (χ0v) is 13.9. The van der Waals surface area contributed by atoms with E-state index >= 15 is 0 Å². The molecule has 9 heteroatoms. The highest BCUT2D eigenvalue weighted by molar-refractivity contribution is 5.76. The van der Waals surface area contributed by atoms with Gasteiger partial charge in [0.05, 0.1) is 12.5 Å². The summed E-state index contributed by atoms with van der Waals surface area (Å²) in [6.07, 6.45) is 8.67. The lowest BCUT2D eigenvalue weighted by molar-refractivity contribution is -0.122. The van der Waals surface area contributed by atoms with Crippen LogP contribution in [-0.4, -0.2) is 40.8 Å². The van der Waals surface area contributed by atoms with Gasteiger partial charge in [0.25, 0.3) is 5.56 Å². The van der Waals surface area contributed by atoms with Gasteiger partial charge in [0, 0.05) is 51.4 Å². The van der Waals surface area contributed by atoms with Gasteiger partial charge in [-0.15, -0.1) is 0 Å². The van der Waals surface area contributed by atoms with E-state index in [1.54, 1.807) is 17.9 Å². The Morgan fingerprint density at radius 3 is 3.16 bits per heavy atom. The minimum atomic E-state index is -0.174. The van der Waals surface area contributed by atoms with E-state index in [9.17, 15) is 9.59 Å². The third kappa shape index (κ3) is 2.92. The molecule has 0 fully saturated rings. The van der Waals surface area contributed by atoms with Crippen molar-refractivity contribution in [3.05, 3.63) is 41.1 Å². The summed E-state index contributed by atoms with van der Waals surface area (Å²) in [7, 11) is 1.74. The van der Waals surface area contributed by atoms with Crippen LogP contribution in [0.4, 0.5) is 0 Å². The van der Waals surface area contributed by atoms with Crippen molar-refractivity contribution in [2.24, 2.45) is 7.05 Å². The second-order valence-corrected chi connectivity index (χ2v) is 6.30. The van der Waals surface area contributed by atoms with E-state index in [2.05, 4.69) is 25.0 Å². The Labute approximate surface area is 143 Å². The van der Waals surface area contributed by atoms with Crippen LogP contribution in [0.5, 0.6) is 0 Å². The highest BCUT2D eigenvalue weighted by Crippen LogP contribution is 2.13. The number of amides is 1.